The quantitative estimate of drug-likeness (QED) is 0.0924. The van der Waals surface area contributed by atoms with Crippen molar-refractivity contribution in [2.45, 2.75) is 38.5 Å². The summed E-state index contributed by atoms with van der Waals surface area (Å²) in [5, 5.41) is 0. The fourth-order valence-corrected chi connectivity index (χ4v) is 3.02. The van der Waals surface area contributed by atoms with Gasteiger partial charge in [0.15, 0.2) is 0 Å². The third-order valence-corrected chi connectivity index (χ3v) is 5.25. The molecule has 2 heteroatoms. The smallest absolute Gasteiger partial charge is 0.0850 e. The van der Waals surface area contributed by atoms with Gasteiger partial charge in [-0.25, -0.2) is 0 Å². The Labute approximate surface area is 316 Å². The summed E-state index contributed by atoms with van der Waals surface area (Å²) in [6.07, 6.45) is 7.46. The molecule has 0 saturated heterocycles. The molecule has 0 N–H and O–H groups in total. The van der Waals surface area contributed by atoms with Gasteiger partial charge in [0.05, 0.1) is 13.3 Å². The molecule has 6 rings (SSSR count). The van der Waals surface area contributed by atoms with Crippen molar-refractivity contribution in [3.63, 3.8) is 0 Å². The van der Waals surface area contributed by atoms with Crippen LogP contribution in [0, 0.1) is 13.8 Å². The van der Waals surface area contributed by atoms with E-state index < -0.39 is 0 Å². The van der Waals surface area contributed by atoms with Crippen molar-refractivity contribution < 1.29 is 0 Å². The molecule has 0 nitrogen and oxygen atoms in total. The van der Waals surface area contributed by atoms with E-state index >= 15 is 0 Å². The van der Waals surface area contributed by atoms with E-state index in [9.17, 15) is 0 Å². The Kier molecular flexibility index (Phi) is 47.4. The first-order valence-corrected chi connectivity index (χ1v) is 15.5. The van der Waals surface area contributed by atoms with Gasteiger partial charge < -0.3 is 6.92 Å². The number of benzene rings is 6. The third-order valence-electron chi connectivity index (χ3n) is 5.25. The van der Waals surface area contributed by atoms with Crippen LogP contribution in [0.3, 0.4) is 0 Å². The van der Waals surface area contributed by atoms with Crippen LogP contribution < -0.4 is 0 Å². The average Bonchev–Trinajstić information content (AvgIpc) is 3.16. The summed E-state index contributed by atoms with van der Waals surface area (Å²) < 4.78 is 0. The van der Waals surface area contributed by atoms with E-state index in [-0.39, 0.29) is 47.8 Å². The van der Waals surface area contributed by atoms with E-state index in [4.69, 9.17) is 0 Å². The molecule has 0 heterocycles. The van der Waals surface area contributed by atoms with Gasteiger partial charge in [0.1, 0.15) is 0 Å². The Balaban J connectivity index is -0.000000466. The molecule has 0 aliphatic rings. The molecule has 0 unspecified atom stereocenters. The van der Waals surface area contributed by atoms with Gasteiger partial charge in [-0.3, -0.25) is 0 Å². The number of unbranched alkanes of at least 4 members (excludes halogenated alkanes) is 5. The third kappa shape index (κ3) is 45.2. The molecule has 0 fully saturated rings. The molecule has 236 valence electrons. The van der Waals surface area contributed by atoms with Crippen molar-refractivity contribution in [3.05, 3.63) is 232 Å². The van der Waals surface area contributed by atoms with Crippen molar-refractivity contribution in [1.82, 2.24) is 0 Å². The number of hydrogen-bond donors (Lipinski definition) is 0. The minimum atomic E-state index is 0. The zero-order chi connectivity index (χ0) is 31.7. The van der Waals surface area contributed by atoms with E-state index in [1.54, 1.807) is 0 Å². The summed E-state index contributed by atoms with van der Waals surface area (Å²) in [6.45, 7) is 7.54. The molecule has 8 radical (unpaired) electrons. The second-order valence-corrected chi connectivity index (χ2v) is 9.05. The maximum absolute atomic E-state index is 3.77. The predicted molar refractivity (Wildman–Crippen MR) is 209 cm³/mol. The normalized spacial score (nSPS) is 7.93. The largest absolute Gasteiger partial charge is 0.343 e. The van der Waals surface area contributed by atoms with Gasteiger partial charge in [-0.05, 0) is 12.8 Å². The van der Waals surface area contributed by atoms with E-state index in [1.807, 2.05) is 218 Å². The molecule has 0 atom stereocenters. The first-order valence-electron chi connectivity index (χ1n) is 15.5. The Morgan fingerprint density at radius 3 is 0.478 bits per heavy atom. The van der Waals surface area contributed by atoms with Crippen molar-refractivity contribution in [2.24, 2.45) is 0 Å². The minimum absolute atomic E-state index is 0. The summed E-state index contributed by atoms with van der Waals surface area (Å²) in [7, 11) is 0. The van der Waals surface area contributed by atoms with E-state index in [0.29, 0.717) is 0 Å². The predicted octanol–water partition coefficient (Wildman–Crippen LogP) is 12.4. The Morgan fingerprint density at radius 2 is 0.370 bits per heavy atom. The molecule has 0 saturated carbocycles. The Bertz CT molecular complexity index is 779. The molecule has 0 aromatic heterocycles. The van der Waals surface area contributed by atoms with Gasteiger partial charge in [-0.1, -0.05) is 231 Å². The van der Waals surface area contributed by atoms with Crippen LogP contribution in [0.5, 0.6) is 0 Å². The van der Waals surface area contributed by atoms with Gasteiger partial charge in [-0.15, -0.1) is 0 Å². The zero-order valence-corrected chi connectivity index (χ0v) is 33.1. The van der Waals surface area contributed by atoms with Gasteiger partial charge in [0.2, 0.25) is 0 Å². The molecule has 0 bridgehead atoms. The van der Waals surface area contributed by atoms with Crippen LogP contribution in [-0.2, 0) is 0 Å². The Hall–Kier alpha value is -3.21. The standard InChI is InChI=1S/C8H16.6C6H6.2Sn/c1-3-5-7-8-6-4-2;6*1-2-4-6-5-3-1;;/h1-8H2;6*1-6H;;. The monoisotopic (exact) mass is 820 g/mol. The molecule has 6 aromatic rings. The number of rotatable bonds is 5. The summed E-state index contributed by atoms with van der Waals surface area (Å²) in [4.78, 5) is 0. The molecule has 46 heavy (non-hydrogen) atoms. The van der Waals surface area contributed by atoms with Crippen molar-refractivity contribution in [2.75, 3.05) is 0 Å². The molecular weight excluding hydrogens is 766 g/mol. The van der Waals surface area contributed by atoms with Gasteiger partial charge >= 0.3 is 0 Å². The topological polar surface area (TPSA) is 0 Å². The minimum Gasteiger partial charge on any atom is -0.343 e. The van der Waals surface area contributed by atoms with E-state index in [0.717, 1.165) is 12.8 Å². The second-order valence-electron chi connectivity index (χ2n) is 9.05. The SMILES string of the molecule is [CH2+]CCCCCC[CH2-].[Sn].[Sn].c1ccccc1.c1ccccc1.c1ccccc1.c1ccccc1.c1ccccc1.c1ccccc1. The number of hydrogen-bond acceptors (Lipinski definition) is 0. The van der Waals surface area contributed by atoms with Crippen LogP contribution in [0.25, 0.3) is 0 Å². The summed E-state index contributed by atoms with van der Waals surface area (Å²) in [6, 6.07) is 72.0. The first kappa shape index (κ1) is 47.2. The van der Waals surface area contributed by atoms with Crippen LogP contribution in [0.2, 0.25) is 0 Å². The molecular formula is C44H52Sn2. The summed E-state index contributed by atoms with van der Waals surface area (Å²) in [5.41, 5.74) is 0. The first-order chi connectivity index (χ1) is 21.9. The second kappa shape index (κ2) is 46.2. The van der Waals surface area contributed by atoms with Gasteiger partial charge in [-0.2, -0.15) is 6.42 Å². The fraction of sp³-hybridized carbons (Fsp3) is 0.136. The average molecular weight is 818 g/mol. The summed E-state index contributed by atoms with van der Waals surface area (Å²) >= 11 is 0. The van der Waals surface area contributed by atoms with Crippen molar-refractivity contribution in [1.29, 1.82) is 0 Å². The van der Waals surface area contributed by atoms with Crippen LogP contribution in [0.4, 0.5) is 0 Å². The van der Waals surface area contributed by atoms with E-state index in [1.165, 1.54) is 25.7 Å². The van der Waals surface area contributed by atoms with Crippen molar-refractivity contribution in [3.8, 4) is 0 Å². The van der Waals surface area contributed by atoms with Crippen molar-refractivity contribution >= 4 is 47.8 Å². The van der Waals surface area contributed by atoms with Crippen LogP contribution >= 0.6 is 0 Å². The molecule has 0 aliphatic heterocycles. The maximum Gasteiger partial charge on any atom is 0.0850 e. The van der Waals surface area contributed by atoms with Crippen LogP contribution in [0.1, 0.15) is 38.5 Å². The van der Waals surface area contributed by atoms with E-state index in [2.05, 4.69) is 13.8 Å². The molecule has 6 aromatic carbocycles. The van der Waals surface area contributed by atoms with Gasteiger partial charge in [0.25, 0.3) is 0 Å². The maximum atomic E-state index is 3.77. The molecule has 0 spiro atoms. The van der Waals surface area contributed by atoms with Crippen LogP contribution in [0.15, 0.2) is 218 Å². The summed E-state index contributed by atoms with van der Waals surface area (Å²) in [5.74, 6) is 0. The van der Waals surface area contributed by atoms with Gasteiger partial charge in [0, 0.05) is 47.8 Å². The Morgan fingerprint density at radius 1 is 0.239 bits per heavy atom. The molecule has 0 aliphatic carbocycles. The molecule has 0 amide bonds. The van der Waals surface area contributed by atoms with Crippen LogP contribution in [-0.4, -0.2) is 47.8 Å². The zero-order valence-electron chi connectivity index (χ0n) is 27.4. The fourth-order valence-electron chi connectivity index (χ4n) is 3.02.